The molecular weight excluding hydrogens is 230 g/mol. The minimum atomic E-state index is 0.269. The van der Waals surface area contributed by atoms with E-state index >= 15 is 0 Å². The molecule has 0 bridgehead atoms. The number of rotatable bonds is 1. The van der Waals surface area contributed by atoms with Crippen molar-refractivity contribution in [2.45, 2.75) is 70.9 Å². The van der Waals surface area contributed by atoms with Crippen LogP contribution in [0.5, 0.6) is 0 Å². The first kappa shape index (κ1) is 13.2. The summed E-state index contributed by atoms with van der Waals surface area (Å²) in [4.78, 5) is 2.74. The van der Waals surface area contributed by atoms with E-state index in [0.29, 0.717) is 0 Å². The van der Waals surface area contributed by atoms with Gasteiger partial charge in [0.2, 0.25) is 0 Å². The molecule has 19 heavy (non-hydrogen) atoms. The summed E-state index contributed by atoms with van der Waals surface area (Å²) in [6, 6.07) is 8.05. The molecule has 1 nitrogen and oxygen atoms in total. The molecule has 0 saturated heterocycles. The Bertz CT molecular complexity index is 449. The Labute approximate surface area is 118 Å². The van der Waals surface area contributed by atoms with E-state index in [2.05, 4.69) is 43.9 Å². The smallest absolute Gasteiger partial charge is 0.0239 e. The quantitative estimate of drug-likeness (QED) is 0.725. The van der Waals surface area contributed by atoms with Crippen LogP contribution in [0.1, 0.15) is 63.1 Å². The zero-order valence-electron chi connectivity index (χ0n) is 12.7. The first-order valence-corrected chi connectivity index (χ1v) is 7.90. The topological polar surface area (TPSA) is 3.24 Å². The minimum Gasteiger partial charge on any atom is -0.296 e. The first-order chi connectivity index (χ1) is 9.04. The van der Waals surface area contributed by atoms with Gasteiger partial charge in [0.15, 0.2) is 0 Å². The van der Waals surface area contributed by atoms with Crippen LogP contribution in [0.15, 0.2) is 18.2 Å². The molecular formula is C18H27N. The van der Waals surface area contributed by atoms with Crippen molar-refractivity contribution in [1.82, 2.24) is 4.90 Å². The average molecular weight is 257 g/mol. The zero-order chi connectivity index (χ0) is 13.5. The van der Waals surface area contributed by atoms with Crippen molar-refractivity contribution in [3.05, 3.63) is 34.9 Å². The van der Waals surface area contributed by atoms with Crippen LogP contribution in [-0.2, 0) is 18.4 Å². The van der Waals surface area contributed by atoms with Crippen molar-refractivity contribution in [1.29, 1.82) is 0 Å². The fourth-order valence-electron chi connectivity index (χ4n) is 3.63. The second kappa shape index (κ2) is 4.94. The number of benzene rings is 1. The molecule has 1 saturated carbocycles. The molecule has 0 spiro atoms. The molecule has 0 N–H and O–H groups in total. The second-order valence-corrected chi connectivity index (χ2v) is 7.39. The van der Waals surface area contributed by atoms with Crippen LogP contribution in [0.3, 0.4) is 0 Å². The summed E-state index contributed by atoms with van der Waals surface area (Å²) in [7, 11) is 0. The Kier molecular flexibility index (Phi) is 3.42. The lowest BCUT2D eigenvalue weighted by Crippen LogP contribution is -2.37. The Hall–Kier alpha value is -0.820. The van der Waals surface area contributed by atoms with Crippen LogP contribution in [0.4, 0.5) is 0 Å². The molecule has 1 aromatic rings. The molecule has 0 amide bonds. The average Bonchev–Trinajstić information content (AvgIpc) is 2.90. The molecule has 1 heteroatoms. The third-order valence-corrected chi connectivity index (χ3v) is 4.96. The summed E-state index contributed by atoms with van der Waals surface area (Å²) in [5, 5.41) is 0. The number of hydrogen-bond donors (Lipinski definition) is 0. The molecule has 0 radical (unpaired) electrons. The highest BCUT2D eigenvalue weighted by Crippen LogP contribution is 2.31. The van der Waals surface area contributed by atoms with Crippen LogP contribution in [-0.4, -0.2) is 17.5 Å². The van der Waals surface area contributed by atoms with Crippen LogP contribution in [0.25, 0.3) is 0 Å². The molecule has 2 aliphatic rings. The van der Waals surface area contributed by atoms with Crippen molar-refractivity contribution < 1.29 is 0 Å². The normalized spacial score (nSPS) is 21.6. The molecule has 3 rings (SSSR count). The number of nitrogens with zero attached hydrogens (tertiary/aromatic N) is 1. The summed E-state index contributed by atoms with van der Waals surface area (Å²) in [6.45, 7) is 9.39. The van der Waals surface area contributed by atoms with Gasteiger partial charge in [0.1, 0.15) is 0 Å². The molecule has 0 atom stereocenters. The lowest BCUT2D eigenvalue weighted by molar-refractivity contribution is 0.181. The van der Waals surface area contributed by atoms with E-state index in [1.807, 2.05) is 0 Å². The van der Waals surface area contributed by atoms with Gasteiger partial charge in [-0.05, 0) is 41.4 Å². The molecule has 1 aromatic carbocycles. The fraction of sp³-hybridized carbons (Fsp3) is 0.667. The van der Waals surface area contributed by atoms with E-state index in [-0.39, 0.29) is 5.41 Å². The van der Waals surface area contributed by atoms with Crippen molar-refractivity contribution in [3.8, 4) is 0 Å². The van der Waals surface area contributed by atoms with Gasteiger partial charge in [-0.25, -0.2) is 0 Å². The van der Waals surface area contributed by atoms with Crippen LogP contribution >= 0.6 is 0 Å². The molecule has 0 aromatic heterocycles. The number of fused-ring (bicyclic) bond motifs is 1. The maximum absolute atomic E-state index is 2.74. The molecule has 1 aliphatic carbocycles. The monoisotopic (exact) mass is 257 g/mol. The summed E-state index contributed by atoms with van der Waals surface area (Å²) < 4.78 is 0. The van der Waals surface area contributed by atoms with Gasteiger partial charge in [0.25, 0.3) is 0 Å². The largest absolute Gasteiger partial charge is 0.296 e. The van der Waals surface area contributed by atoms with Gasteiger partial charge < -0.3 is 0 Å². The van der Waals surface area contributed by atoms with Crippen molar-refractivity contribution in [2.24, 2.45) is 0 Å². The predicted octanol–water partition coefficient (Wildman–Crippen LogP) is 4.28. The van der Waals surface area contributed by atoms with E-state index in [1.54, 1.807) is 11.1 Å². The highest BCUT2D eigenvalue weighted by molar-refractivity contribution is 5.36. The second-order valence-electron chi connectivity index (χ2n) is 7.39. The highest BCUT2D eigenvalue weighted by atomic mass is 15.2. The highest BCUT2D eigenvalue weighted by Gasteiger charge is 2.26. The van der Waals surface area contributed by atoms with Crippen molar-refractivity contribution in [3.63, 3.8) is 0 Å². The summed E-state index contributed by atoms with van der Waals surface area (Å²) in [6.07, 6.45) is 6.98. The zero-order valence-corrected chi connectivity index (χ0v) is 12.7. The Morgan fingerprint density at radius 3 is 2.47 bits per heavy atom. The molecule has 1 aliphatic heterocycles. The molecule has 0 unspecified atom stereocenters. The Morgan fingerprint density at radius 2 is 1.79 bits per heavy atom. The van der Waals surface area contributed by atoms with E-state index in [4.69, 9.17) is 0 Å². The van der Waals surface area contributed by atoms with Crippen molar-refractivity contribution in [2.75, 3.05) is 6.54 Å². The van der Waals surface area contributed by atoms with Gasteiger partial charge in [-0.1, -0.05) is 51.8 Å². The SMILES string of the molecule is CC(C)(C)c1ccc2c(c1)CN(C1CCCC1)CC2. The third-order valence-electron chi connectivity index (χ3n) is 4.96. The van der Waals surface area contributed by atoms with Gasteiger partial charge in [0.05, 0.1) is 0 Å². The Balaban J connectivity index is 1.82. The van der Waals surface area contributed by atoms with Gasteiger partial charge in [0, 0.05) is 19.1 Å². The minimum absolute atomic E-state index is 0.269. The van der Waals surface area contributed by atoms with E-state index < -0.39 is 0 Å². The van der Waals surface area contributed by atoms with Gasteiger partial charge in [-0.2, -0.15) is 0 Å². The number of hydrogen-bond acceptors (Lipinski definition) is 1. The summed E-state index contributed by atoms with van der Waals surface area (Å²) in [5.41, 5.74) is 4.93. The molecule has 1 heterocycles. The van der Waals surface area contributed by atoms with E-state index in [9.17, 15) is 0 Å². The molecule has 104 valence electrons. The van der Waals surface area contributed by atoms with Crippen LogP contribution in [0, 0.1) is 0 Å². The lowest BCUT2D eigenvalue weighted by atomic mass is 9.84. The maximum Gasteiger partial charge on any atom is 0.0239 e. The van der Waals surface area contributed by atoms with Crippen molar-refractivity contribution >= 4 is 0 Å². The summed E-state index contributed by atoms with van der Waals surface area (Å²) in [5.74, 6) is 0. The fourth-order valence-corrected chi connectivity index (χ4v) is 3.63. The van der Waals surface area contributed by atoms with Gasteiger partial charge in [-0.15, -0.1) is 0 Å². The van der Waals surface area contributed by atoms with E-state index in [0.717, 1.165) is 6.04 Å². The van der Waals surface area contributed by atoms with Gasteiger partial charge in [-0.3, -0.25) is 4.90 Å². The lowest BCUT2D eigenvalue weighted by Gasteiger charge is -2.34. The predicted molar refractivity (Wildman–Crippen MR) is 81.5 cm³/mol. The third kappa shape index (κ3) is 2.72. The molecule has 1 fully saturated rings. The van der Waals surface area contributed by atoms with Crippen LogP contribution in [0.2, 0.25) is 0 Å². The summed E-state index contributed by atoms with van der Waals surface area (Å²) >= 11 is 0. The van der Waals surface area contributed by atoms with E-state index in [1.165, 1.54) is 50.8 Å². The first-order valence-electron chi connectivity index (χ1n) is 7.90. The van der Waals surface area contributed by atoms with Crippen LogP contribution < -0.4 is 0 Å². The Morgan fingerprint density at radius 1 is 1.05 bits per heavy atom. The maximum atomic E-state index is 2.74. The standard InChI is InChI=1S/C18H27N/c1-18(2,3)16-9-8-14-10-11-19(13-15(14)12-16)17-6-4-5-7-17/h8-9,12,17H,4-7,10-11,13H2,1-3H3. The van der Waals surface area contributed by atoms with Gasteiger partial charge >= 0.3 is 0 Å².